The van der Waals surface area contributed by atoms with Gasteiger partial charge in [-0.15, -0.1) is 0 Å². The predicted octanol–water partition coefficient (Wildman–Crippen LogP) is 1.90. The van der Waals surface area contributed by atoms with Crippen LogP contribution >= 0.6 is 0 Å². The first-order chi connectivity index (χ1) is 12.0. The van der Waals surface area contributed by atoms with Gasteiger partial charge < -0.3 is 15.7 Å². The van der Waals surface area contributed by atoms with Gasteiger partial charge in [-0.3, -0.25) is 14.5 Å². The number of nitrogens with one attached hydrogen (secondary N) is 2. The van der Waals surface area contributed by atoms with Gasteiger partial charge in [-0.1, -0.05) is 6.07 Å². The van der Waals surface area contributed by atoms with Crippen LogP contribution in [0.15, 0.2) is 18.2 Å². The van der Waals surface area contributed by atoms with Crippen molar-refractivity contribution in [3.63, 3.8) is 0 Å². The van der Waals surface area contributed by atoms with Crippen LogP contribution in [-0.4, -0.2) is 42.1 Å². The van der Waals surface area contributed by atoms with Gasteiger partial charge in [0.1, 0.15) is 0 Å². The average Bonchev–Trinajstić information content (AvgIpc) is 3.01. The van der Waals surface area contributed by atoms with E-state index in [9.17, 15) is 14.4 Å². The predicted molar refractivity (Wildman–Crippen MR) is 92.8 cm³/mol. The van der Waals surface area contributed by atoms with Crippen molar-refractivity contribution in [2.24, 2.45) is 5.92 Å². The zero-order chi connectivity index (χ0) is 18.0. The average molecular weight is 345 g/mol. The van der Waals surface area contributed by atoms with E-state index in [1.807, 2.05) is 13.0 Å². The Morgan fingerprint density at radius 1 is 1.24 bits per heavy atom. The molecule has 1 saturated carbocycles. The Balaban J connectivity index is 1.67. The molecular formula is C18H23N3O4. The van der Waals surface area contributed by atoms with Crippen LogP contribution < -0.4 is 15.5 Å². The lowest BCUT2D eigenvalue weighted by Crippen LogP contribution is -2.38. The lowest BCUT2D eigenvalue weighted by Gasteiger charge is -2.27. The summed E-state index contributed by atoms with van der Waals surface area (Å²) in [7, 11) is 0. The van der Waals surface area contributed by atoms with Crippen LogP contribution in [0.25, 0.3) is 0 Å². The molecule has 1 heterocycles. The van der Waals surface area contributed by atoms with E-state index in [4.69, 9.17) is 5.11 Å². The highest BCUT2D eigenvalue weighted by atomic mass is 16.4. The summed E-state index contributed by atoms with van der Waals surface area (Å²) in [6.07, 6.45) is 2.53. The number of hydrogen-bond donors (Lipinski definition) is 3. The molecule has 1 aromatic rings. The zero-order valence-electron chi connectivity index (χ0n) is 14.2. The van der Waals surface area contributed by atoms with Crippen molar-refractivity contribution < 1.29 is 19.5 Å². The SMILES string of the molecule is Cc1ccc(C(=O)NC2CCC(C(=O)O)CC2)cc1N1CCNC1=O. The minimum atomic E-state index is -0.753. The number of carboxylic acids is 1. The molecule has 1 aromatic carbocycles. The van der Waals surface area contributed by atoms with Gasteiger partial charge in [0.2, 0.25) is 0 Å². The second-order valence-electron chi connectivity index (χ2n) is 6.75. The summed E-state index contributed by atoms with van der Waals surface area (Å²) in [6, 6.07) is 5.20. The number of hydrogen-bond acceptors (Lipinski definition) is 3. The van der Waals surface area contributed by atoms with Crippen LogP contribution in [0, 0.1) is 12.8 Å². The molecule has 2 fully saturated rings. The standard InChI is InChI=1S/C18H23N3O4/c1-11-2-3-13(10-15(11)21-9-8-19-18(21)25)16(22)20-14-6-4-12(5-7-14)17(23)24/h2-3,10,12,14H,4-9H2,1H3,(H,19,25)(H,20,22)(H,23,24). The maximum atomic E-state index is 12.5. The van der Waals surface area contributed by atoms with E-state index in [1.165, 1.54) is 0 Å². The summed E-state index contributed by atoms with van der Waals surface area (Å²) < 4.78 is 0. The molecule has 7 heteroatoms. The van der Waals surface area contributed by atoms with Crippen molar-refractivity contribution in [2.45, 2.75) is 38.6 Å². The van der Waals surface area contributed by atoms with E-state index in [2.05, 4.69) is 10.6 Å². The van der Waals surface area contributed by atoms with E-state index in [0.29, 0.717) is 44.3 Å². The number of carboxylic acid groups (broad SMARTS) is 1. The van der Waals surface area contributed by atoms with E-state index >= 15 is 0 Å². The number of anilines is 1. The molecule has 25 heavy (non-hydrogen) atoms. The third-order valence-electron chi connectivity index (χ3n) is 5.03. The Hall–Kier alpha value is -2.57. The van der Waals surface area contributed by atoms with E-state index in [-0.39, 0.29) is 23.9 Å². The maximum absolute atomic E-state index is 12.5. The Kier molecular flexibility index (Phi) is 4.92. The van der Waals surface area contributed by atoms with Crippen molar-refractivity contribution in [1.82, 2.24) is 10.6 Å². The molecule has 1 aliphatic carbocycles. The van der Waals surface area contributed by atoms with Gasteiger partial charge >= 0.3 is 12.0 Å². The summed E-state index contributed by atoms with van der Waals surface area (Å²) >= 11 is 0. The van der Waals surface area contributed by atoms with Crippen LogP contribution in [-0.2, 0) is 4.79 Å². The van der Waals surface area contributed by atoms with E-state index in [0.717, 1.165) is 11.3 Å². The van der Waals surface area contributed by atoms with Crippen molar-refractivity contribution in [2.75, 3.05) is 18.0 Å². The van der Waals surface area contributed by atoms with Gasteiger partial charge in [0.25, 0.3) is 5.91 Å². The number of rotatable bonds is 4. The van der Waals surface area contributed by atoms with Crippen molar-refractivity contribution in [3.05, 3.63) is 29.3 Å². The van der Waals surface area contributed by atoms with E-state index in [1.54, 1.807) is 17.0 Å². The summed E-state index contributed by atoms with van der Waals surface area (Å²) in [5.41, 5.74) is 2.20. The molecular weight excluding hydrogens is 322 g/mol. The van der Waals surface area contributed by atoms with Crippen LogP contribution in [0.2, 0.25) is 0 Å². The smallest absolute Gasteiger partial charge is 0.322 e. The molecule has 1 saturated heterocycles. The minimum absolute atomic E-state index is 0.00272. The van der Waals surface area contributed by atoms with Crippen LogP contribution in [0.3, 0.4) is 0 Å². The molecule has 0 unspecified atom stereocenters. The van der Waals surface area contributed by atoms with Gasteiger partial charge in [0.15, 0.2) is 0 Å². The highest BCUT2D eigenvalue weighted by Gasteiger charge is 2.27. The number of carbonyl (C=O) groups is 3. The minimum Gasteiger partial charge on any atom is -0.481 e. The number of carbonyl (C=O) groups excluding carboxylic acids is 2. The highest BCUT2D eigenvalue weighted by Crippen LogP contribution is 2.26. The summed E-state index contributed by atoms with van der Waals surface area (Å²) in [5.74, 6) is -1.23. The molecule has 0 atom stereocenters. The molecule has 134 valence electrons. The molecule has 0 radical (unpaired) electrons. The summed E-state index contributed by atoms with van der Waals surface area (Å²) in [4.78, 5) is 37.1. The van der Waals surface area contributed by atoms with Crippen LogP contribution in [0.5, 0.6) is 0 Å². The van der Waals surface area contributed by atoms with Gasteiger partial charge in [-0.2, -0.15) is 0 Å². The number of nitrogens with zero attached hydrogens (tertiary/aromatic N) is 1. The third kappa shape index (κ3) is 3.75. The number of benzene rings is 1. The van der Waals surface area contributed by atoms with Crippen LogP contribution in [0.1, 0.15) is 41.6 Å². The molecule has 3 N–H and O–H groups in total. The quantitative estimate of drug-likeness (QED) is 0.776. The lowest BCUT2D eigenvalue weighted by molar-refractivity contribution is -0.142. The fraction of sp³-hybridized carbons (Fsp3) is 0.500. The monoisotopic (exact) mass is 345 g/mol. The van der Waals surface area contributed by atoms with Crippen LogP contribution in [0.4, 0.5) is 10.5 Å². The number of aryl methyl sites for hydroxylation is 1. The number of aliphatic carboxylic acids is 1. The van der Waals surface area contributed by atoms with E-state index < -0.39 is 5.97 Å². The largest absolute Gasteiger partial charge is 0.481 e. The molecule has 3 amide bonds. The van der Waals surface area contributed by atoms with Crippen molar-refractivity contribution in [3.8, 4) is 0 Å². The fourth-order valence-electron chi connectivity index (χ4n) is 3.50. The van der Waals surface area contributed by atoms with Gasteiger partial charge in [-0.05, 0) is 50.3 Å². The molecule has 2 aliphatic rings. The first-order valence-corrected chi connectivity index (χ1v) is 8.65. The molecule has 0 aromatic heterocycles. The highest BCUT2D eigenvalue weighted by molar-refractivity contribution is 5.99. The summed E-state index contributed by atoms with van der Waals surface area (Å²) in [6.45, 7) is 3.10. The fourth-order valence-corrected chi connectivity index (χ4v) is 3.50. The lowest BCUT2D eigenvalue weighted by atomic mass is 9.86. The Bertz CT molecular complexity index is 696. The number of urea groups is 1. The Morgan fingerprint density at radius 3 is 2.56 bits per heavy atom. The Labute approximate surface area is 146 Å². The van der Waals surface area contributed by atoms with Crippen molar-refractivity contribution >= 4 is 23.6 Å². The van der Waals surface area contributed by atoms with Gasteiger partial charge in [0, 0.05) is 30.4 Å². The molecule has 1 aliphatic heterocycles. The number of amides is 3. The van der Waals surface area contributed by atoms with Crippen molar-refractivity contribution in [1.29, 1.82) is 0 Å². The first kappa shape index (κ1) is 17.3. The summed E-state index contributed by atoms with van der Waals surface area (Å²) in [5, 5.41) is 14.8. The first-order valence-electron chi connectivity index (χ1n) is 8.65. The van der Waals surface area contributed by atoms with Gasteiger partial charge in [-0.25, -0.2) is 4.79 Å². The normalized spacial score (nSPS) is 23.2. The molecule has 0 bridgehead atoms. The molecule has 3 rings (SSSR count). The zero-order valence-corrected chi connectivity index (χ0v) is 14.2. The Morgan fingerprint density at radius 2 is 1.96 bits per heavy atom. The maximum Gasteiger partial charge on any atom is 0.322 e. The van der Waals surface area contributed by atoms with Gasteiger partial charge in [0.05, 0.1) is 5.92 Å². The molecule has 7 nitrogen and oxygen atoms in total. The molecule has 0 spiro atoms. The topological polar surface area (TPSA) is 98.7 Å². The third-order valence-corrected chi connectivity index (χ3v) is 5.03. The second-order valence-corrected chi connectivity index (χ2v) is 6.75. The second kappa shape index (κ2) is 7.13.